The lowest BCUT2D eigenvalue weighted by atomic mass is 10.1. The molecular weight excluding hydrogens is 322 g/mol. The van der Waals surface area contributed by atoms with Crippen molar-refractivity contribution in [3.05, 3.63) is 53.8 Å². The van der Waals surface area contributed by atoms with Crippen molar-refractivity contribution < 1.29 is 19.1 Å². The molecule has 2 aromatic rings. The number of benzene rings is 2. The zero-order chi connectivity index (χ0) is 18.0. The first-order valence-corrected chi connectivity index (χ1v) is 7.51. The number of methoxy groups -OCH3 is 1. The van der Waals surface area contributed by atoms with Gasteiger partial charge in [0.1, 0.15) is 12.3 Å². The molecule has 0 spiro atoms. The number of primary amides is 1. The van der Waals surface area contributed by atoms with Crippen LogP contribution in [-0.4, -0.2) is 25.5 Å². The average Bonchev–Trinajstić information content (AvgIpc) is 2.58. The summed E-state index contributed by atoms with van der Waals surface area (Å²) in [5.74, 6) is 0.0106. The highest BCUT2D eigenvalue weighted by atomic mass is 16.5. The highest BCUT2D eigenvalue weighted by Gasteiger charge is 2.31. The Bertz CT molecular complexity index is 876. The third-order valence-corrected chi connectivity index (χ3v) is 3.66. The van der Waals surface area contributed by atoms with E-state index >= 15 is 0 Å². The second-order valence-corrected chi connectivity index (χ2v) is 5.47. The Hall–Kier alpha value is -3.48. The van der Waals surface area contributed by atoms with Crippen molar-refractivity contribution in [3.8, 4) is 11.5 Å². The molecule has 0 aromatic heterocycles. The van der Waals surface area contributed by atoms with Crippen LogP contribution < -0.4 is 25.8 Å². The minimum Gasteiger partial charge on any atom is -0.497 e. The summed E-state index contributed by atoms with van der Waals surface area (Å²) in [6, 6.07) is 12.0. The zero-order valence-electron chi connectivity index (χ0n) is 13.6. The van der Waals surface area contributed by atoms with Crippen LogP contribution in [0.25, 0.3) is 6.08 Å². The number of carbonyl (C=O) groups is 2. The Labute approximate surface area is 144 Å². The summed E-state index contributed by atoms with van der Waals surface area (Å²) in [5.41, 5.74) is 12.7. The summed E-state index contributed by atoms with van der Waals surface area (Å²) in [7, 11) is 1.56. The fraction of sp³-hybridized carbons (Fsp3) is 0.111. The normalized spacial score (nSPS) is 14.8. The molecule has 128 valence electrons. The van der Waals surface area contributed by atoms with Gasteiger partial charge >= 0.3 is 0 Å². The summed E-state index contributed by atoms with van der Waals surface area (Å²) in [6.07, 6.45) is 1.57. The zero-order valence-corrected chi connectivity index (χ0v) is 13.6. The first-order chi connectivity index (χ1) is 12.0. The van der Waals surface area contributed by atoms with Gasteiger partial charge in [-0.1, -0.05) is 12.1 Å². The molecule has 0 aliphatic carbocycles. The van der Waals surface area contributed by atoms with Crippen LogP contribution >= 0.6 is 0 Å². The largest absolute Gasteiger partial charge is 0.497 e. The third kappa shape index (κ3) is 3.40. The van der Waals surface area contributed by atoms with E-state index in [-0.39, 0.29) is 12.3 Å². The molecule has 7 nitrogen and oxygen atoms in total. The Kier molecular flexibility index (Phi) is 4.30. The molecule has 1 aliphatic rings. The predicted octanol–water partition coefficient (Wildman–Crippen LogP) is 1.53. The second-order valence-electron chi connectivity index (χ2n) is 5.47. The number of hydrogen-bond donors (Lipinski definition) is 2. The SMILES string of the molecule is COc1cccc(/C=C2/Oc3cc(N)ccc3N(CC(N)=O)C2=O)c1. The van der Waals surface area contributed by atoms with Crippen molar-refractivity contribution in [1.29, 1.82) is 0 Å². The smallest absolute Gasteiger partial charge is 0.294 e. The van der Waals surface area contributed by atoms with Gasteiger partial charge in [-0.2, -0.15) is 0 Å². The van der Waals surface area contributed by atoms with E-state index in [1.165, 1.54) is 4.90 Å². The molecule has 3 rings (SSSR count). The summed E-state index contributed by atoms with van der Waals surface area (Å²) in [6.45, 7) is -0.255. The van der Waals surface area contributed by atoms with Crippen LogP contribution in [0.3, 0.4) is 0 Å². The summed E-state index contributed by atoms with van der Waals surface area (Å²) >= 11 is 0. The minimum atomic E-state index is -0.626. The highest BCUT2D eigenvalue weighted by Crippen LogP contribution is 2.37. The molecule has 0 fully saturated rings. The molecule has 2 aromatic carbocycles. The van der Waals surface area contributed by atoms with E-state index in [0.717, 1.165) is 0 Å². The number of fused-ring (bicyclic) bond motifs is 1. The van der Waals surface area contributed by atoms with Gasteiger partial charge in [0.05, 0.1) is 12.8 Å². The second kappa shape index (κ2) is 6.56. The van der Waals surface area contributed by atoms with E-state index in [4.69, 9.17) is 20.9 Å². The number of nitrogens with two attached hydrogens (primary N) is 2. The maximum absolute atomic E-state index is 12.7. The van der Waals surface area contributed by atoms with Gasteiger partial charge in [0.25, 0.3) is 5.91 Å². The standard InChI is InChI=1S/C18H17N3O4/c1-24-13-4-2-3-11(7-13)8-16-18(23)21(10-17(20)22)14-6-5-12(19)9-15(14)25-16/h2-9H,10,19H2,1H3,(H2,20,22)/b16-8+. The molecule has 0 saturated carbocycles. The monoisotopic (exact) mass is 339 g/mol. The van der Waals surface area contributed by atoms with Gasteiger partial charge in [-0.15, -0.1) is 0 Å². The number of amides is 2. The average molecular weight is 339 g/mol. The molecule has 25 heavy (non-hydrogen) atoms. The van der Waals surface area contributed by atoms with E-state index < -0.39 is 11.8 Å². The summed E-state index contributed by atoms with van der Waals surface area (Å²) < 4.78 is 10.9. The Morgan fingerprint density at radius 1 is 1.28 bits per heavy atom. The molecule has 0 saturated heterocycles. The first-order valence-electron chi connectivity index (χ1n) is 7.51. The molecule has 0 bridgehead atoms. The van der Waals surface area contributed by atoms with Crippen LogP contribution in [-0.2, 0) is 9.59 Å². The Morgan fingerprint density at radius 3 is 2.80 bits per heavy atom. The fourth-order valence-corrected chi connectivity index (χ4v) is 2.53. The van der Waals surface area contributed by atoms with E-state index in [1.807, 2.05) is 0 Å². The van der Waals surface area contributed by atoms with Gasteiger partial charge in [-0.25, -0.2) is 0 Å². The molecule has 2 amide bonds. The van der Waals surface area contributed by atoms with Crippen LogP contribution in [0, 0.1) is 0 Å². The molecule has 1 heterocycles. The number of nitrogens with zero attached hydrogens (tertiary/aromatic N) is 1. The molecule has 0 atom stereocenters. The van der Waals surface area contributed by atoms with Crippen molar-refractivity contribution in [3.63, 3.8) is 0 Å². The van der Waals surface area contributed by atoms with Crippen LogP contribution in [0.4, 0.5) is 11.4 Å². The maximum atomic E-state index is 12.7. The number of carbonyl (C=O) groups excluding carboxylic acids is 2. The van der Waals surface area contributed by atoms with Gasteiger partial charge in [0.15, 0.2) is 11.5 Å². The maximum Gasteiger partial charge on any atom is 0.294 e. The number of nitrogen functional groups attached to an aromatic ring is 1. The van der Waals surface area contributed by atoms with Crippen LogP contribution in [0.15, 0.2) is 48.2 Å². The molecule has 0 unspecified atom stereocenters. The van der Waals surface area contributed by atoms with Gasteiger partial charge < -0.3 is 20.9 Å². The molecule has 1 aliphatic heterocycles. The topological polar surface area (TPSA) is 108 Å². The Balaban J connectivity index is 2.04. The van der Waals surface area contributed by atoms with Crippen molar-refractivity contribution in [2.75, 3.05) is 24.3 Å². The van der Waals surface area contributed by atoms with Crippen molar-refractivity contribution in [1.82, 2.24) is 0 Å². The van der Waals surface area contributed by atoms with Crippen molar-refractivity contribution >= 4 is 29.3 Å². The van der Waals surface area contributed by atoms with Crippen molar-refractivity contribution in [2.24, 2.45) is 5.73 Å². The Morgan fingerprint density at radius 2 is 2.08 bits per heavy atom. The lowest BCUT2D eigenvalue weighted by Crippen LogP contribution is -2.42. The molecule has 7 heteroatoms. The third-order valence-electron chi connectivity index (χ3n) is 3.66. The summed E-state index contributed by atoms with van der Waals surface area (Å²) in [4.78, 5) is 25.4. The minimum absolute atomic E-state index is 0.0626. The number of ether oxygens (including phenoxy) is 2. The van der Waals surface area contributed by atoms with Crippen LogP contribution in [0.5, 0.6) is 11.5 Å². The number of hydrogen-bond acceptors (Lipinski definition) is 5. The van der Waals surface area contributed by atoms with E-state index in [1.54, 1.807) is 55.7 Å². The molecule has 4 N–H and O–H groups in total. The summed E-state index contributed by atoms with van der Waals surface area (Å²) in [5, 5.41) is 0. The van der Waals surface area contributed by atoms with Crippen LogP contribution in [0.1, 0.15) is 5.56 Å². The van der Waals surface area contributed by atoms with Gasteiger partial charge in [0.2, 0.25) is 5.91 Å². The predicted molar refractivity (Wildman–Crippen MR) is 94.0 cm³/mol. The van der Waals surface area contributed by atoms with Crippen molar-refractivity contribution in [2.45, 2.75) is 0 Å². The van der Waals surface area contributed by atoms with E-state index in [0.29, 0.717) is 28.4 Å². The quantitative estimate of drug-likeness (QED) is 0.649. The molecule has 0 radical (unpaired) electrons. The highest BCUT2D eigenvalue weighted by molar-refractivity contribution is 6.12. The van der Waals surface area contributed by atoms with E-state index in [2.05, 4.69) is 0 Å². The molecular formula is C18H17N3O4. The van der Waals surface area contributed by atoms with Gasteiger partial charge in [-0.05, 0) is 35.9 Å². The van der Waals surface area contributed by atoms with E-state index in [9.17, 15) is 9.59 Å². The lowest BCUT2D eigenvalue weighted by molar-refractivity contribution is -0.121. The number of anilines is 2. The number of rotatable bonds is 4. The fourth-order valence-electron chi connectivity index (χ4n) is 2.53. The lowest BCUT2D eigenvalue weighted by Gasteiger charge is -2.29. The first kappa shape index (κ1) is 16.4. The van der Waals surface area contributed by atoms with Gasteiger partial charge in [0, 0.05) is 11.8 Å². The van der Waals surface area contributed by atoms with Gasteiger partial charge in [-0.3, -0.25) is 14.5 Å². The van der Waals surface area contributed by atoms with Crippen LogP contribution in [0.2, 0.25) is 0 Å².